The van der Waals surface area contributed by atoms with Gasteiger partial charge in [0.2, 0.25) is 0 Å². The average Bonchev–Trinajstić information content (AvgIpc) is 3.21. The van der Waals surface area contributed by atoms with E-state index in [1.807, 2.05) is 97.1 Å². The third-order valence-corrected chi connectivity index (χ3v) is 14.1. The van der Waals surface area contributed by atoms with Crippen molar-refractivity contribution < 1.29 is 0 Å². The van der Waals surface area contributed by atoms with Crippen molar-refractivity contribution in [2.75, 3.05) is 0 Å². The monoisotopic (exact) mass is 804 g/mol. The molecule has 288 valence electrons. The Balaban J connectivity index is 0.000000132. The van der Waals surface area contributed by atoms with E-state index in [0.29, 0.717) is 23.7 Å². The molecule has 0 bridgehead atoms. The molecule has 57 heavy (non-hydrogen) atoms. The number of hydrogen-bond acceptors (Lipinski definition) is 6. The molecule has 0 aliphatic rings. The molecule has 0 aliphatic carbocycles. The van der Waals surface area contributed by atoms with E-state index in [4.69, 9.17) is 0 Å². The van der Waals surface area contributed by atoms with E-state index in [1.54, 1.807) is 34.0 Å². The maximum absolute atomic E-state index is 12.8. The summed E-state index contributed by atoms with van der Waals surface area (Å²) < 4.78 is 6.57. The van der Waals surface area contributed by atoms with Crippen molar-refractivity contribution in [1.82, 2.24) is 0 Å². The minimum atomic E-state index is 0.139. The number of hydrogen-bond donors (Lipinski definition) is 0. The Bertz CT molecular complexity index is 2900. The molecular weight excluding hydrogens is 757 g/mol. The van der Waals surface area contributed by atoms with Crippen LogP contribution in [0.25, 0.3) is 60.5 Å². The van der Waals surface area contributed by atoms with Crippen molar-refractivity contribution in [2.45, 2.75) is 79.1 Å². The van der Waals surface area contributed by atoms with Gasteiger partial charge in [0.05, 0.1) is 0 Å². The van der Waals surface area contributed by atoms with E-state index in [0.717, 1.165) is 60.5 Å². The number of fused-ring (bicyclic) bond motifs is 6. The van der Waals surface area contributed by atoms with Crippen LogP contribution in [-0.4, -0.2) is 0 Å². The Morgan fingerprint density at radius 1 is 0.333 bits per heavy atom. The van der Waals surface area contributed by atoms with Gasteiger partial charge in [-0.1, -0.05) is 116 Å². The molecule has 0 saturated heterocycles. The van der Waals surface area contributed by atoms with Gasteiger partial charge in [0.1, 0.15) is 0 Å². The van der Waals surface area contributed by atoms with Crippen molar-refractivity contribution in [2.24, 2.45) is 0 Å². The van der Waals surface area contributed by atoms with Gasteiger partial charge >= 0.3 is 0 Å². The van der Waals surface area contributed by atoms with Gasteiger partial charge in [-0.2, -0.15) is 0 Å². The Morgan fingerprint density at radius 2 is 0.614 bits per heavy atom. The lowest BCUT2D eigenvalue weighted by molar-refractivity contribution is 0.842. The molecule has 3 nitrogen and oxygen atoms in total. The highest BCUT2D eigenvalue weighted by molar-refractivity contribution is 7.25. The van der Waals surface area contributed by atoms with Gasteiger partial charge in [-0.15, -0.1) is 34.0 Å². The van der Waals surface area contributed by atoms with E-state index in [1.165, 1.54) is 22.3 Å². The molecule has 9 aromatic rings. The zero-order valence-electron chi connectivity index (χ0n) is 33.8. The largest absolute Gasteiger partial charge is 0.289 e. The molecule has 0 N–H and O–H groups in total. The van der Waals surface area contributed by atoms with E-state index >= 15 is 0 Å². The van der Waals surface area contributed by atoms with Gasteiger partial charge in [0, 0.05) is 60.5 Å². The van der Waals surface area contributed by atoms with Gasteiger partial charge in [0.15, 0.2) is 16.3 Å². The van der Waals surface area contributed by atoms with Crippen LogP contribution in [0.5, 0.6) is 0 Å². The van der Waals surface area contributed by atoms with Crippen molar-refractivity contribution in [1.29, 1.82) is 0 Å². The maximum atomic E-state index is 12.8. The average molecular weight is 805 g/mol. The highest BCUT2D eigenvalue weighted by Gasteiger charge is 2.16. The van der Waals surface area contributed by atoms with E-state index in [2.05, 4.69) is 79.7 Å². The molecule has 0 radical (unpaired) electrons. The molecule has 0 amide bonds. The van der Waals surface area contributed by atoms with Crippen LogP contribution in [-0.2, 0) is 0 Å². The first-order chi connectivity index (χ1) is 27.3. The van der Waals surface area contributed by atoms with E-state index in [-0.39, 0.29) is 16.3 Å². The van der Waals surface area contributed by atoms with Crippen LogP contribution in [0.15, 0.2) is 136 Å². The fraction of sp³-hybridized carbons (Fsp3) is 0.235. The Hall–Kier alpha value is -5.01. The number of rotatable bonds is 4. The molecule has 0 saturated carbocycles. The van der Waals surface area contributed by atoms with Crippen LogP contribution in [0.1, 0.15) is 101 Å². The zero-order valence-corrected chi connectivity index (χ0v) is 36.3. The van der Waals surface area contributed by atoms with Crippen LogP contribution in [0.4, 0.5) is 0 Å². The normalized spacial score (nSPS) is 11.6. The molecule has 3 aromatic heterocycles. The summed E-state index contributed by atoms with van der Waals surface area (Å²) in [7, 11) is 0. The Kier molecular flexibility index (Phi) is 11.9. The van der Waals surface area contributed by atoms with E-state index < -0.39 is 0 Å². The summed E-state index contributed by atoms with van der Waals surface area (Å²) in [4.78, 5) is 37.8. The summed E-state index contributed by atoms with van der Waals surface area (Å²) in [5, 5.41) is 5.08. The quantitative estimate of drug-likeness (QED) is 0.167. The summed E-state index contributed by atoms with van der Waals surface area (Å²) in [6, 6.07) is 40.1. The fourth-order valence-electron chi connectivity index (χ4n) is 7.19. The molecule has 0 aliphatic heterocycles. The maximum Gasteiger partial charge on any atom is 0.195 e. The van der Waals surface area contributed by atoms with Crippen molar-refractivity contribution >= 4 is 94.5 Å². The van der Waals surface area contributed by atoms with Gasteiger partial charge in [-0.05, 0) is 107 Å². The summed E-state index contributed by atoms with van der Waals surface area (Å²) >= 11 is 5.15. The van der Waals surface area contributed by atoms with Gasteiger partial charge in [-0.3, -0.25) is 14.4 Å². The van der Waals surface area contributed by atoms with Crippen molar-refractivity contribution in [3.63, 3.8) is 0 Å². The van der Waals surface area contributed by atoms with Crippen LogP contribution < -0.4 is 16.3 Å². The minimum Gasteiger partial charge on any atom is -0.289 e. The summed E-state index contributed by atoms with van der Waals surface area (Å²) in [5.41, 5.74) is 5.58. The standard InChI is InChI=1S/2C19H20OS.C13H8OS/c2*1-11(2)13-9-15(12(3)4)19-16(10-13)18(20)14-7-5-6-8-17(14)21-19;14-13-9-5-1-3-7-11(9)15-12-8-4-2-6-10(12)13/h2*5-12H,1-4H3;1-8H. The highest BCUT2D eigenvalue weighted by atomic mass is 32.1. The first-order valence-corrected chi connectivity index (χ1v) is 22.2. The number of benzene rings is 6. The summed E-state index contributed by atoms with van der Waals surface area (Å²) in [5.74, 6) is 1.71. The lowest BCUT2D eigenvalue weighted by Crippen LogP contribution is -2.04. The predicted molar refractivity (Wildman–Crippen MR) is 253 cm³/mol. The SMILES string of the molecule is CC(C)c1cc(C(C)C)c2sc3ccccc3c(=O)c2c1.CC(C)c1cc(C(C)C)c2sc3ccccc3c(=O)c2c1.O=c1c2ccccc2sc2ccccc12. The second-order valence-corrected chi connectivity index (χ2v) is 19.1. The summed E-state index contributed by atoms with van der Waals surface area (Å²) in [6.45, 7) is 17.5. The van der Waals surface area contributed by atoms with Crippen LogP contribution >= 0.6 is 34.0 Å². The van der Waals surface area contributed by atoms with Crippen LogP contribution in [0.3, 0.4) is 0 Å². The van der Waals surface area contributed by atoms with Crippen molar-refractivity contribution in [3.05, 3.63) is 174 Å². The first kappa shape index (κ1) is 40.2. The minimum absolute atomic E-state index is 0.139. The fourth-order valence-corrected chi connectivity index (χ4v) is 10.9. The Labute approximate surface area is 345 Å². The lowest BCUT2D eigenvalue weighted by Gasteiger charge is -2.15. The van der Waals surface area contributed by atoms with Crippen molar-refractivity contribution in [3.8, 4) is 0 Å². The molecule has 0 atom stereocenters. The molecule has 0 fully saturated rings. The summed E-state index contributed by atoms with van der Waals surface area (Å²) in [6.07, 6.45) is 0. The smallest absolute Gasteiger partial charge is 0.195 e. The van der Waals surface area contributed by atoms with E-state index in [9.17, 15) is 14.4 Å². The second-order valence-electron chi connectivity index (χ2n) is 15.9. The third-order valence-electron chi connectivity index (χ3n) is 10.5. The predicted octanol–water partition coefficient (Wildman–Crippen LogP) is 14.7. The molecule has 0 spiro atoms. The van der Waals surface area contributed by atoms with Gasteiger partial charge < -0.3 is 0 Å². The van der Waals surface area contributed by atoms with Gasteiger partial charge in [-0.25, -0.2) is 0 Å². The van der Waals surface area contributed by atoms with Crippen LogP contribution in [0.2, 0.25) is 0 Å². The molecule has 6 heteroatoms. The Morgan fingerprint density at radius 3 is 0.912 bits per heavy atom. The molecule has 6 aromatic carbocycles. The highest BCUT2D eigenvalue weighted by Crippen LogP contribution is 2.36. The van der Waals surface area contributed by atoms with Crippen LogP contribution in [0, 0.1) is 0 Å². The first-order valence-electron chi connectivity index (χ1n) is 19.7. The second kappa shape index (κ2) is 16.8. The molecule has 9 rings (SSSR count). The molecular formula is C51H48O3S3. The third kappa shape index (κ3) is 8.09. The topological polar surface area (TPSA) is 51.2 Å². The molecule has 0 unspecified atom stereocenters. The van der Waals surface area contributed by atoms with Gasteiger partial charge in [0.25, 0.3) is 0 Å². The molecule has 3 heterocycles. The lowest BCUT2D eigenvalue weighted by atomic mass is 9.93. The zero-order chi connectivity index (χ0) is 40.5.